The number of carbonyl (C=O) groups is 1. The molecule has 3 aromatic rings. The molecule has 0 bridgehead atoms. The summed E-state index contributed by atoms with van der Waals surface area (Å²) in [7, 11) is 1.61. The topological polar surface area (TPSA) is 69.0 Å². The molecule has 0 aliphatic carbocycles. The van der Waals surface area contributed by atoms with E-state index < -0.39 is 0 Å². The molecule has 136 valence electrons. The van der Waals surface area contributed by atoms with Gasteiger partial charge in [0, 0.05) is 12.2 Å². The Morgan fingerprint density at radius 2 is 2.08 bits per heavy atom. The van der Waals surface area contributed by atoms with E-state index in [1.165, 1.54) is 11.8 Å². The molecule has 1 aromatic carbocycles. The number of anilines is 1. The van der Waals surface area contributed by atoms with Crippen molar-refractivity contribution in [2.75, 3.05) is 12.4 Å². The number of rotatable bonds is 7. The van der Waals surface area contributed by atoms with Crippen molar-refractivity contribution < 1.29 is 9.53 Å². The van der Waals surface area contributed by atoms with Gasteiger partial charge in [0.05, 0.1) is 17.2 Å². The molecule has 0 unspecified atom stereocenters. The van der Waals surface area contributed by atoms with Gasteiger partial charge < -0.3 is 14.6 Å². The van der Waals surface area contributed by atoms with Crippen molar-refractivity contribution in [2.24, 2.45) is 0 Å². The van der Waals surface area contributed by atoms with Gasteiger partial charge in [-0.05, 0) is 49.6 Å². The highest BCUT2D eigenvalue weighted by atomic mass is 32.2. The van der Waals surface area contributed by atoms with E-state index in [-0.39, 0.29) is 11.2 Å². The van der Waals surface area contributed by atoms with Gasteiger partial charge in [-0.2, -0.15) is 0 Å². The van der Waals surface area contributed by atoms with Gasteiger partial charge in [0.2, 0.25) is 5.91 Å². The standard InChI is InChI=1S/C18H20N4O2S2/c1-4-22-16(15-6-5-11-25-15)20-21-18(22)26-12(2)17(23)19-13-7-9-14(24-3)10-8-13/h5-12H,4H2,1-3H3,(H,19,23)/t12-/m0/s1. The molecule has 6 nitrogen and oxygen atoms in total. The molecule has 8 heteroatoms. The van der Waals surface area contributed by atoms with Crippen LogP contribution < -0.4 is 10.1 Å². The van der Waals surface area contributed by atoms with Gasteiger partial charge in [-0.15, -0.1) is 21.5 Å². The molecule has 0 saturated carbocycles. The normalized spacial score (nSPS) is 12.0. The maximum atomic E-state index is 12.5. The van der Waals surface area contributed by atoms with Gasteiger partial charge in [-0.25, -0.2) is 0 Å². The molecule has 26 heavy (non-hydrogen) atoms. The van der Waals surface area contributed by atoms with E-state index >= 15 is 0 Å². The van der Waals surface area contributed by atoms with Crippen molar-refractivity contribution in [1.82, 2.24) is 14.8 Å². The Hall–Kier alpha value is -2.32. The van der Waals surface area contributed by atoms with E-state index in [2.05, 4.69) is 15.5 Å². The van der Waals surface area contributed by atoms with Crippen LogP contribution in [0.5, 0.6) is 5.75 Å². The number of thioether (sulfide) groups is 1. The molecule has 2 aromatic heterocycles. The molecule has 1 amide bonds. The van der Waals surface area contributed by atoms with Crippen LogP contribution in [0.1, 0.15) is 13.8 Å². The van der Waals surface area contributed by atoms with Gasteiger partial charge in [-0.3, -0.25) is 4.79 Å². The van der Waals surface area contributed by atoms with Gasteiger partial charge in [-0.1, -0.05) is 17.8 Å². The Morgan fingerprint density at radius 1 is 1.31 bits per heavy atom. The van der Waals surface area contributed by atoms with Crippen LogP contribution in [0.25, 0.3) is 10.7 Å². The summed E-state index contributed by atoms with van der Waals surface area (Å²) in [6.45, 7) is 4.66. The molecule has 1 atom stereocenters. The first kappa shape index (κ1) is 18.5. The van der Waals surface area contributed by atoms with Gasteiger partial charge >= 0.3 is 0 Å². The Labute approximate surface area is 160 Å². The fourth-order valence-electron chi connectivity index (χ4n) is 2.38. The van der Waals surface area contributed by atoms with Gasteiger partial charge in [0.15, 0.2) is 11.0 Å². The van der Waals surface area contributed by atoms with Crippen molar-refractivity contribution in [3.63, 3.8) is 0 Å². The van der Waals surface area contributed by atoms with Crippen molar-refractivity contribution >= 4 is 34.7 Å². The van der Waals surface area contributed by atoms with Crippen LogP contribution >= 0.6 is 23.1 Å². The molecule has 0 radical (unpaired) electrons. The molecule has 1 N–H and O–H groups in total. The molecule has 0 fully saturated rings. The number of hydrogen-bond acceptors (Lipinski definition) is 6. The van der Waals surface area contributed by atoms with Crippen LogP contribution in [-0.2, 0) is 11.3 Å². The predicted octanol–water partition coefficient (Wildman–Crippen LogP) is 4.15. The number of carbonyl (C=O) groups excluding carboxylic acids is 1. The highest BCUT2D eigenvalue weighted by Gasteiger charge is 2.20. The van der Waals surface area contributed by atoms with Crippen molar-refractivity contribution in [1.29, 1.82) is 0 Å². The summed E-state index contributed by atoms with van der Waals surface area (Å²) in [4.78, 5) is 13.6. The lowest BCUT2D eigenvalue weighted by Gasteiger charge is -2.13. The number of aromatic nitrogens is 3. The lowest BCUT2D eigenvalue weighted by atomic mass is 10.3. The summed E-state index contributed by atoms with van der Waals surface area (Å²) < 4.78 is 7.16. The summed E-state index contributed by atoms with van der Waals surface area (Å²) in [5.41, 5.74) is 0.736. The number of nitrogens with zero attached hydrogens (tertiary/aromatic N) is 3. The fraction of sp³-hybridized carbons (Fsp3) is 0.278. The average molecular weight is 389 g/mol. The Bertz CT molecular complexity index is 860. The second-order valence-electron chi connectivity index (χ2n) is 5.51. The Balaban J connectivity index is 1.69. The lowest BCUT2D eigenvalue weighted by Crippen LogP contribution is -2.22. The van der Waals surface area contributed by atoms with Crippen LogP contribution in [0.3, 0.4) is 0 Å². The van der Waals surface area contributed by atoms with Crippen molar-refractivity contribution in [3.05, 3.63) is 41.8 Å². The largest absolute Gasteiger partial charge is 0.497 e. The Kier molecular flexibility index (Phi) is 5.95. The maximum Gasteiger partial charge on any atom is 0.237 e. The van der Waals surface area contributed by atoms with E-state index in [1.807, 2.05) is 60.2 Å². The minimum absolute atomic E-state index is 0.0801. The minimum atomic E-state index is -0.303. The lowest BCUT2D eigenvalue weighted by molar-refractivity contribution is -0.115. The van der Waals surface area contributed by atoms with E-state index in [9.17, 15) is 4.79 Å². The molecule has 0 aliphatic rings. The quantitative estimate of drug-likeness (QED) is 0.616. The van der Waals surface area contributed by atoms with Crippen LogP contribution in [0.4, 0.5) is 5.69 Å². The highest BCUT2D eigenvalue weighted by molar-refractivity contribution is 8.00. The number of nitrogens with one attached hydrogen (secondary N) is 1. The van der Waals surface area contributed by atoms with E-state index in [1.54, 1.807) is 18.4 Å². The Morgan fingerprint density at radius 3 is 2.69 bits per heavy atom. The monoisotopic (exact) mass is 388 g/mol. The summed E-state index contributed by atoms with van der Waals surface area (Å²) in [5.74, 6) is 1.51. The first-order valence-corrected chi connectivity index (χ1v) is 9.97. The number of amides is 1. The van der Waals surface area contributed by atoms with Crippen LogP contribution in [0.15, 0.2) is 46.9 Å². The van der Waals surface area contributed by atoms with Gasteiger partial charge in [0.25, 0.3) is 0 Å². The van der Waals surface area contributed by atoms with E-state index in [0.29, 0.717) is 0 Å². The van der Waals surface area contributed by atoms with Gasteiger partial charge in [0.1, 0.15) is 5.75 Å². The number of methoxy groups -OCH3 is 1. The SMILES string of the molecule is CCn1c(S[C@@H](C)C(=O)Nc2ccc(OC)cc2)nnc1-c1cccs1. The third-order valence-electron chi connectivity index (χ3n) is 3.78. The number of hydrogen-bond donors (Lipinski definition) is 1. The first-order valence-electron chi connectivity index (χ1n) is 8.21. The zero-order valence-electron chi connectivity index (χ0n) is 14.8. The molecule has 0 aliphatic heterocycles. The number of thiophene rings is 1. The minimum Gasteiger partial charge on any atom is -0.497 e. The predicted molar refractivity (Wildman–Crippen MR) is 106 cm³/mol. The van der Waals surface area contributed by atoms with Crippen LogP contribution in [-0.4, -0.2) is 33.0 Å². The summed E-state index contributed by atoms with van der Waals surface area (Å²) in [6, 6.07) is 11.3. The third-order valence-corrected chi connectivity index (χ3v) is 5.73. The molecular formula is C18H20N4O2S2. The van der Waals surface area contributed by atoms with E-state index in [4.69, 9.17) is 4.74 Å². The maximum absolute atomic E-state index is 12.5. The molecular weight excluding hydrogens is 368 g/mol. The molecule has 2 heterocycles. The third kappa shape index (κ3) is 4.08. The zero-order chi connectivity index (χ0) is 18.5. The first-order chi connectivity index (χ1) is 12.6. The highest BCUT2D eigenvalue weighted by Crippen LogP contribution is 2.29. The van der Waals surface area contributed by atoms with Crippen molar-refractivity contribution in [3.8, 4) is 16.5 Å². The molecule has 3 rings (SSSR count). The average Bonchev–Trinajstić information content (AvgIpc) is 3.31. The van der Waals surface area contributed by atoms with E-state index in [0.717, 1.165) is 33.8 Å². The summed E-state index contributed by atoms with van der Waals surface area (Å²) in [6.07, 6.45) is 0. The fourth-order valence-corrected chi connectivity index (χ4v) is 4.01. The summed E-state index contributed by atoms with van der Waals surface area (Å²) in [5, 5.41) is 14.0. The molecule has 0 spiro atoms. The van der Waals surface area contributed by atoms with Crippen LogP contribution in [0.2, 0.25) is 0 Å². The second-order valence-corrected chi connectivity index (χ2v) is 7.76. The summed E-state index contributed by atoms with van der Waals surface area (Å²) >= 11 is 3.03. The van der Waals surface area contributed by atoms with Crippen LogP contribution in [0, 0.1) is 0 Å². The zero-order valence-corrected chi connectivity index (χ0v) is 16.4. The molecule has 0 saturated heterocycles. The number of benzene rings is 1. The second kappa shape index (κ2) is 8.37. The van der Waals surface area contributed by atoms with Crippen molar-refractivity contribution in [2.45, 2.75) is 30.8 Å². The number of ether oxygens (including phenoxy) is 1. The smallest absolute Gasteiger partial charge is 0.237 e.